The molecule has 2 aliphatic rings. The molecule has 1 aliphatic carbocycles. The van der Waals surface area contributed by atoms with Crippen LogP contribution in [-0.2, 0) is 0 Å². The van der Waals surface area contributed by atoms with Crippen LogP contribution < -0.4 is 10.6 Å². The molecule has 2 heteroatoms. The first-order valence-corrected chi connectivity index (χ1v) is 4.79. The number of piperazine rings is 1. The van der Waals surface area contributed by atoms with Gasteiger partial charge in [-0.05, 0) is 19.8 Å². The molecule has 11 heavy (non-hydrogen) atoms. The predicted molar refractivity (Wildman–Crippen MR) is 46.7 cm³/mol. The lowest BCUT2D eigenvalue weighted by atomic mass is 9.94. The smallest absolute Gasteiger partial charge is 0.0309 e. The van der Waals surface area contributed by atoms with Gasteiger partial charge in [0.25, 0.3) is 0 Å². The summed E-state index contributed by atoms with van der Waals surface area (Å²) in [5.41, 5.74) is 0.484. The summed E-state index contributed by atoms with van der Waals surface area (Å²) < 4.78 is 0. The van der Waals surface area contributed by atoms with Gasteiger partial charge in [-0.1, -0.05) is 12.8 Å². The van der Waals surface area contributed by atoms with Gasteiger partial charge in [-0.15, -0.1) is 0 Å². The second kappa shape index (κ2) is 2.76. The molecule has 1 aliphatic heterocycles. The Morgan fingerprint density at radius 3 is 2.64 bits per heavy atom. The van der Waals surface area contributed by atoms with Crippen molar-refractivity contribution in [1.82, 2.24) is 10.6 Å². The molecule has 2 nitrogen and oxygen atoms in total. The van der Waals surface area contributed by atoms with Gasteiger partial charge >= 0.3 is 0 Å². The Bertz CT molecular complexity index is 138. The summed E-state index contributed by atoms with van der Waals surface area (Å²) in [6.45, 7) is 4.60. The summed E-state index contributed by atoms with van der Waals surface area (Å²) in [5.74, 6) is 0. The van der Waals surface area contributed by atoms with E-state index in [0.29, 0.717) is 11.6 Å². The van der Waals surface area contributed by atoms with Gasteiger partial charge in [0.15, 0.2) is 0 Å². The summed E-state index contributed by atoms with van der Waals surface area (Å²) in [7, 11) is 0. The van der Waals surface area contributed by atoms with Gasteiger partial charge in [0.2, 0.25) is 0 Å². The third-order valence-corrected chi connectivity index (χ3v) is 3.03. The zero-order valence-corrected chi connectivity index (χ0v) is 7.32. The van der Waals surface area contributed by atoms with Crippen LogP contribution in [0.4, 0.5) is 0 Å². The minimum absolute atomic E-state index is 0.484. The van der Waals surface area contributed by atoms with Crippen molar-refractivity contribution in [2.24, 2.45) is 0 Å². The molecule has 1 spiro atoms. The van der Waals surface area contributed by atoms with Crippen LogP contribution in [-0.4, -0.2) is 24.7 Å². The fraction of sp³-hybridized carbons (Fsp3) is 1.00. The minimum atomic E-state index is 0.484. The summed E-state index contributed by atoms with van der Waals surface area (Å²) in [5, 5.41) is 7.23. The van der Waals surface area contributed by atoms with E-state index in [1.54, 1.807) is 0 Å². The van der Waals surface area contributed by atoms with E-state index >= 15 is 0 Å². The van der Waals surface area contributed by atoms with Gasteiger partial charge in [0.05, 0.1) is 0 Å². The molecule has 0 aromatic heterocycles. The number of nitrogens with one attached hydrogen (secondary N) is 2. The molecule has 1 heterocycles. The maximum Gasteiger partial charge on any atom is 0.0309 e. The highest BCUT2D eigenvalue weighted by Crippen LogP contribution is 2.30. The summed E-state index contributed by atoms with van der Waals surface area (Å²) in [4.78, 5) is 0. The molecule has 1 saturated heterocycles. The third-order valence-electron chi connectivity index (χ3n) is 3.03. The van der Waals surface area contributed by atoms with Crippen molar-refractivity contribution in [2.75, 3.05) is 13.1 Å². The molecule has 0 unspecified atom stereocenters. The van der Waals surface area contributed by atoms with E-state index in [1.807, 2.05) is 0 Å². The van der Waals surface area contributed by atoms with E-state index in [1.165, 1.54) is 32.2 Å². The van der Waals surface area contributed by atoms with Crippen LogP contribution in [0.25, 0.3) is 0 Å². The lowest BCUT2D eigenvalue weighted by Gasteiger charge is -2.39. The molecule has 0 amide bonds. The molecule has 0 aromatic carbocycles. The van der Waals surface area contributed by atoms with Gasteiger partial charge in [-0.3, -0.25) is 0 Å². The van der Waals surface area contributed by atoms with Crippen LogP contribution in [0.5, 0.6) is 0 Å². The Morgan fingerprint density at radius 1 is 1.27 bits per heavy atom. The number of rotatable bonds is 0. The first kappa shape index (κ1) is 7.56. The fourth-order valence-electron chi connectivity index (χ4n) is 2.53. The SMILES string of the molecule is C[C@@H]1CNCC2(CCCC2)N1. The molecule has 0 bridgehead atoms. The lowest BCUT2D eigenvalue weighted by molar-refractivity contribution is 0.236. The predicted octanol–water partition coefficient (Wildman–Crippen LogP) is 0.880. The van der Waals surface area contributed by atoms with Crippen LogP contribution in [0.15, 0.2) is 0 Å². The molecule has 1 atom stereocenters. The highest BCUT2D eigenvalue weighted by atomic mass is 15.1. The van der Waals surface area contributed by atoms with E-state index in [4.69, 9.17) is 0 Å². The zero-order valence-electron chi connectivity index (χ0n) is 7.32. The molecule has 2 N–H and O–H groups in total. The van der Waals surface area contributed by atoms with Crippen molar-refractivity contribution >= 4 is 0 Å². The van der Waals surface area contributed by atoms with Crippen molar-refractivity contribution < 1.29 is 0 Å². The lowest BCUT2D eigenvalue weighted by Crippen LogP contribution is -2.61. The molecule has 64 valence electrons. The molecule has 1 saturated carbocycles. The molecular weight excluding hydrogens is 136 g/mol. The molecule has 2 fully saturated rings. The molecule has 2 rings (SSSR count). The van der Waals surface area contributed by atoms with E-state index in [2.05, 4.69) is 17.6 Å². The van der Waals surface area contributed by atoms with Crippen LogP contribution >= 0.6 is 0 Å². The number of hydrogen-bond donors (Lipinski definition) is 2. The normalized spacial score (nSPS) is 36.3. The van der Waals surface area contributed by atoms with Crippen LogP contribution in [0.2, 0.25) is 0 Å². The average molecular weight is 154 g/mol. The number of hydrogen-bond acceptors (Lipinski definition) is 2. The van der Waals surface area contributed by atoms with Gasteiger partial charge in [0, 0.05) is 24.7 Å². The van der Waals surface area contributed by atoms with Gasteiger partial charge in [-0.2, -0.15) is 0 Å². The van der Waals surface area contributed by atoms with Crippen molar-refractivity contribution in [3.63, 3.8) is 0 Å². The van der Waals surface area contributed by atoms with Gasteiger partial charge in [-0.25, -0.2) is 0 Å². The second-order valence-corrected chi connectivity index (χ2v) is 4.16. The maximum absolute atomic E-state index is 3.73. The second-order valence-electron chi connectivity index (χ2n) is 4.16. The van der Waals surface area contributed by atoms with Crippen molar-refractivity contribution in [3.05, 3.63) is 0 Å². The zero-order chi connectivity index (χ0) is 7.73. The third kappa shape index (κ3) is 1.42. The van der Waals surface area contributed by atoms with Gasteiger partial charge < -0.3 is 10.6 Å². The van der Waals surface area contributed by atoms with Crippen LogP contribution in [0, 0.1) is 0 Å². The Morgan fingerprint density at radius 2 is 2.00 bits per heavy atom. The minimum Gasteiger partial charge on any atom is -0.313 e. The van der Waals surface area contributed by atoms with E-state index in [-0.39, 0.29) is 0 Å². The fourth-order valence-corrected chi connectivity index (χ4v) is 2.53. The summed E-state index contributed by atoms with van der Waals surface area (Å²) >= 11 is 0. The summed E-state index contributed by atoms with van der Waals surface area (Å²) in [6.07, 6.45) is 5.59. The van der Waals surface area contributed by atoms with E-state index in [9.17, 15) is 0 Å². The molecular formula is C9H18N2. The topological polar surface area (TPSA) is 24.1 Å². The summed E-state index contributed by atoms with van der Waals surface area (Å²) in [6, 6.07) is 0.668. The van der Waals surface area contributed by atoms with Gasteiger partial charge in [0.1, 0.15) is 0 Å². The standard InChI is InChI=1S/C9H18N2/c1-8-6-10-7-9(11-8)4-2-3-5-9/h8,10-11H,2-7H2,1H3/t8-/m1/s1. The van der Waals surface area contributed by atoms with E-state index < -0.39 is 0 Å². The quantitative estimate of drug-likeness (QED) is 0.541. The Kier molecular flexibility index (Phi) is 1.90. The highest BCUT2D eigenvalue weighted by Gasteiger charge is 2.36. The van der Waals surface area contributed by atoms with E-state index in [0.717, 1.165) is 6.54 Å². The Hall–Kier alpha value is -0.0800. The Balaban J connectivity index is 2.00. The monoisotopic (exact) mass is 154 g/mol. The van der Waals surface area contributed by atoms with Crippen molar-refractivity contribution in [1.29, 1.82) is 0 Å². The molecule has 0 radical (unpaired) electrons. The van der Waals surface area contributed by atoms with Crippen LogP contribution in [0.1, 0.15) is 32.6 Å². The Labute approximate surface area is 68.7 Å². The first-order chi connectivity index (χ1) is 5.31. The first-order valence-electron chi connectivity index (χ1n) is 4.79. The molecule has 0 aromatic rings. The van der Waals surface area contributed by atoms with Crippen molar-refractivity contribution in [3.8, 4) is 0 Å². The maximum atomic E-state index is 3.73. The van der Waals surface area contributed by atoms with Crippen molar-refractivity contribution in [2.45, 2.75) is 44.2 Å². The largest absolute Gasteiger partial charge is 0.313 e. The average Bonchev–Trinajstić information content (AvgIpc) is 2.37. The van der Waals surface area contributed by atoms with Crippen LogP contribution in [0.3, 0.4) is 0 Å². The highest BCUT2D eigenvalue weighted by molar-refractivity contribution is 4.99.